The smallest absolute Gasteiger partial charge is 0.236 e. The molecule has 14 heavy (non-hydrogen) atoms. The van der Waals surface area contributed by atoms with Crippen molar-refractivity contribution in [1.29, 1.82) is 5.26 Å². The molecule has 0 saturated heterocycles. The Morgan fingerprint density at radius 1 is 1.50 bits per heavy atom. The van der Waals surface area contributed by atoms with Crippen molar-refractivity contribution in [2.75, 3.05) is 6.54 Å². The maximum atomic E-state index is 11.4. The largest absolute Gasteiger partial charge is 0.355 e. The monoisotopic (exact) mass is 197 g/mol. The minimum Gasteiger partial charge on any atom is -0.355 e. The second kappa shape index (κ2) is 7.34. The van der Waals surface area contributed by atoms with E-state index in [0.717, 1.165) is 6.42 Å². The molecule has 80 valence electrons. The van der Waals surface area contributed by atoms with Crippen molar-refractivity contribution in [2.45, 2.75) is 45.7 Å². The number of nitriles is 1. The first-order valence-electron chi connectivity index (χ1n) is 5.09. The van der Waals surface area contributed by atoms with Crippen LogP contribution in [0.25, 0.3) is 0 Å². The van der Waals surface area contributed by atoms with Crippen molar-refractivity contribution >= 4 is 5.91 Å². The van der Waals surface area contributed by atoms with Gasteiger partial charge in [0.05, 0.1) is 18.2 Å². The Balaban J connectivity index is 3.88. The summed E-state index contributed by atoms with van der Waals surface area (Å²) in [6, 6.07) is 1.56. The van der Waals surface area contributed by atoms with Gasteiger partial charge in [0.25, 0.3) is 0 Å². The molecule has 0 rings (SSSR count). The van der Waals surface area contributed by atoms with Gasteiger partial charge < -0.3 is 5.32 Å². The molecule has 0 aliphatic carbocycles. The maximum absolute atomic E-state index is 11.4. The third-order valence-electron chi connectivity index (χ3n) is 1.96. The summed E-state index contributed by atoms with van der Waals surface area (Å²) >= 11 is 0. The highest BCUT2D eigenvalue weighted by atomic mass is 16.2. The van der Waals surface area contributed by atoms with Crippen LogP contribution in [0.4, 0.5) is 0 Å². The Morgan fingerprint density at radius 3 is 2.57 bits per heavy atom. The summed E-state index contributed by atoms with van der Waals surface area (Å²) in [5.74, 6) is -0.0412. The van der Waals surface area contributed by atoms with Crippen LogP contribution < -0.4 is 10.6 Å². The summed E-state index contributed by atoms with van der Waals surface area (Å²) in [6.07, 6.45) is 1.63. The van der Waals surface area contributed by atoms with Gasteiger partial charge in [-0.2, -0.15) is 5.26 Å². The van der Waals surface area contributed by atoms with E-state index < -0.39 is 0 Å². The Morgan fingerprint density at radius 2 is 2.14 bits per heavy atom. The molecule has 0 heterocycles. The van der Waals surface area contributed by atoms with E-state index in [1.807, 2.05) is 13.8 Å². The summed E-state index contributed by atoms with van der Waals surface area (Å²) in [4.78, 5) is 11.4. The van der Waals surface area contributed by atoms with E-state index in [2.05, 4.69) is 16.7 Å². The highest BCUT2D eigenvalue weighted by Gasteiger charge is 2.15. The molecule has 4 heteroatoms. The molecule has 0 aromatic heterocycles. The predicted octanol–water partition coefficient (Wildman–Crippen LogP) is 0.793. The molecule has 2 atom stereocenters. The zero-order valence-corrected chi connectivity index (χ0v) is 9.13. The molecule has 0 aromatic rings. The van der Waals surface area contributed by atoms with E-state index in [9.17, 15) is 4.79 Å². The molecule has 4 nitrogen and oxygen atoms in total. The van der Waals surface area contributed by atoms with Crippen molar-refractivity contribution in [3.05, 3.63) is 0 Å². The third-order valence-corrected chi connectivity index (χ3v) is 1.96. The van der Waals surface area contributed by atoms with Gasteiger partial charge in [0, 0.05) is 6.54 Å². The number of hydrogen-bond donors (Lipinski definition) is 2. The lowest BCUT2D eigenvalue weighted by Crippen LogP contribution is -2.46. The number of carbonyl (C=O) groups excluding carboxylic acids is 1. The van der Waals surface area contributed by atoms with E-state index in [-0.39, 0.29) is 18.0 Å². The predicted molar refractivity (Wildman–Crippen MR) is 55.6 cm³/mol. The van der Waals surface area contributed by atoms with Crippen LogP contribution in [-0.2, 0) is 4.79 Å². The molecule has 0 fully saturated rings. The van der Waals surface area contributed by atoms with Gasteiger partial charge in [-0.05, 0) is 19.8 Å². The maximum Gasteiger partial charge on any atom is 0.236 e. The minimum absolute atomic E-state index is 0.0412. The van der Waals surface area contributed by atoms with Crippen LogP contribution in [0.5, 0.6) is 0 Å². The fraction of sp³-hybridized carbons (Fsp3) is 0.800. The van der Waals surface area contributed by atoms with E-state index in [4.69, 9.17) is 5.26 Å². The SMILES string of the molecule is CCCNC(=O)C(C)NC(C#N)CC. The normalized spacial score (nSPS) is 14.1. The van der Waals surface area contributed by atoms with Crippen molar-refractivity contribution in [2.24, 2.45) is 0 Å². The van der Waals surface area contributed by atoms with Gasteiger partial charge in [-0.15, -0.1) is 0 Å². The van der Waals surface area contributed by atoms with Gasteiger partial charge in [0.2, 0.25) is 5.91 Å². The van der Waals surface area contributed by atoms with E-state index >= 15 is 0 Å². The highest BCUT2D eigenvalue weighted by Crippen LogP contribution is 1.92. The lowest BCUT2D eigenvalue weighted by Gasteiger charge is -2.16. The minimum atomic E-state index is -0.300. The highest BCUT2D eigenvalue weighted by molar-refractivity contribution is 5.81. The molecule has 0 bridgehead atoms. The van der Waals surface area contributed by atoms with Crippen LogP contribution in [0.1, 0.15) is 33.6 Å². The van der Waals surface area contributed by atoms with Gasteiger partial charge in [-0.25, -0.2) is 0 Å². The summed E-state index contributed by atoms with van der Waals surface area (Å²) in [5, 5.41) is 14.4. The van der Waals surface area contributed by atoms with Crippen LogP contribution in [0.15, 0.2) is 0 Å². The number of hydrogen-bond acceptors (Lipinski definition) is 3. The number of amides is 1. The lowest BCUT2D eigenvalue weighted by atomic mass is 10.2. The molecule has 2 unspecified atom stereocenters. The van der Waals surface area contributed by atoms with Crippen molar-refractivity contribution in [3.63, 3.8) is 0 Å². The first-order valence-corrected chi connectivity index (χ1v) is 5.09. The van der Waals surface area contributed by atoms with Crippen molar-refractivity contribution in [3.8, 4) is 6.07 Å². The molecule has 1 amide bonds. The van der Waals surface area contributed by atoms with Gasteiger partial charge in [-0.3, -0.25) is 10.1 Å². The molecule has 0 radical (unpaired) electrons. The Kier molecular flexibility index (Phi) is 6.77. The number of rotatable bonds is 6. The van der Waals surface area contributed by atoms with Crippen LogP contribution in [0.2, 0.25) is 0 Å². The van der Waals surface area contributed by atoms with Crippen molar-refractivity contribution in [1.82, 2.24) is 10.6 Å². The summed E-state index contributed by atoms with van der Waals surface area (Å²) in [5.41, 5.74) is 0. The number of nitrogens with one attached hydrogen (secondary N) is 2. The van der Waals surface area contributed by atoms with Gasteiger partial charge in [-0.1, -0.05) is 13.8 Å². The van der Waals surface area contributed by atoms with E-state index in [1.165, 1.54) is 0 Å². The Bertz CT molecular complexity index is 210. The van der Waals surface area contributed by atoms with E-state index in [1.54, 1.807) is 6.92 Å². The van der Waals surface area contributed by atoms with Gasteiger partial charge >= 0.3 is 0 Å². The fourth-order valence-corrected chi connectivity index (χ4v) is 1.03. The average molecular weight is 197 g/mol. The second-order valence-corrected chi connectivity index (χ2v) is 3.27. The fourth-order valence-electron chi connectivity index (χ4n) is 1.03. The molecule has 0 aliphatic heterocycles. The number of nitrogens with zero attached hydrogens (tertiary/aromatic N) is 1. The first kappa shape index (κ1) is 12.9. The summed E-state index contributed by atoms with van der Waals surface area (Å²) in [6.45, 7) is 6.37. The molecule has 0 saturated carbocycles. The zero-order valence-electron chi connectivity index (χ0n) is 9.13. The van der Waals surface area contributed by atoms with Crippen LogP contribution in [0.3, 0.4) is 0 Å². The topological polar surface area (TPSA) is 64.9 Å². The summed E-state index contributed by atoms with van der Waals surface area (Å²) in [7, 11) is 0. The van der Waals surface area contributed by atoms with E-state index in [0.29, 0.717) is 13.0 Å². The Hall–Kier alpha value is -1.08. The first-order chi connectivity index (χ1) is 6.65. The zero-order chi connectivity index (χ0) is 11.0. The second-order valence-electron chi connectivity index (χ2n) is 3.27. The molecular weight excluding hydrogens is 178 g/mol. The third kappa shape index (κ3) is 4.83. The molecule has 0 spiro atoms. The van der Waals surface area contributed by atoms with Crippen LogP contribution in [0, 0.1) is 11.3 Å². The van der Waals surface area contributed by atoms with Crippen LogP contribution >= 0.6 is 0 Å². The lowest BCUT2D eigenvalue weighted by molar-refractivity contribution is -0.122. The molecule has 0 aromatic carbocycles. The average Bonchev–Trinajstić information content (AvgIpc) is 2.21. The summed E-state index contributed by atoms with van der Waals surface area (Å²) < 4.78 is 0. The quantitative estimate of drug-likeness (QED) is 0.661. The van der Waals surface area contributed by atoms with Crippen LogP contribution in [-0.4, -0.2) is 24.5 Å². The molecule has 2 N–H and O–H groups in total. The van der Waals surface area contributed by atoms with Gasteiger partial charge in [0.15, 0.2) is 0 Å². The standard InChI is InChI=1S/C10H19N3O/c1-4-6-12-10(14)8(3)13-9(5-2)7-11/h8-9,13H,4-6H2,1-3H3,(H,12,14). The van der Waals surface area contributed by atoms with Crippen molar-refractivity contribution < 1.29 is 4.79 Å². The van der Waals surface area contributed by atoms with Gasteiger partial charge in [0.1, 0.15) is 0 Å². The Labute approximate surface area is 85.7 Å². The molecule has 0 aliphatic rings. The molecular formula is C10H19N3O. The number of carbonyl (C=O) groups is 1.